The number of para-hydroxylation sites is 1. The van der Waals surface area contributed by atoms with Crippen LogP contribution in [-0.2, 0) is 12.8 Å². The number of fused-ring (bicyclic) bond motifs is 1. The highest BCUT2D eigenvalue weighted by atomic mass is 19.4. The summed E-state index contributed by atoms with van der Waals surface area (Å²) in [5.41, 5.74) is 3.60. The molecule has 0 bridgehead atoms. The van der Waals surface area contributed by atoms with Crippen molar-refractivity contribution in [2.75, 3.05) is 0 Å². The molecule has 4 rings (SSSR count). The second-order valence-electron chi connectivity index (χ2n) is 7.28. The van der Waals surface area contributed by atoms with Crippen molar-refractivity contribution in [3.63, 3.8) is 0 Å². The third-order valence-electron chi connectivity index (χ3n) is 5.06. The first-order valence-electron chi connectivity index (χ1n) is 9.58. The summed E-state index contributed by atoms with van der Waals surface area (Å²) in [6.45, 7) is 4.18. The molecular weight excluding hydrogens is 387 g/mol. The number of aromatic nitrogens is 1. The van der Waals surface area contributed by atoms with E-state index in [0.717, 1.165) is 34.1 Å². The Balaban J connectivity index is 1.85. The fourth-order valence-electron chi connectivity index (χ4n) is 3.67. The van der Waals surface area contributed by atoms with Gasteiger partial charge in [0.2, 0.25) is 0 Å². The smallest absolute Gasteiger partial charge is 0.418 e. The van der Waals surface area contributed by atoms with Gasteiger partial charge in [-0.25, -0.2) is 0 Å². The molecule has 2 nitrogen and oxygen atoms in total. The number of hydrogen-bond donors (Lipinski definition) is 0. The summed E-state index contributed by atoms with van der Waals surface area (Å²) >= 11 is 0. The van der Waals surface area contributed by atoms with Crippen LogP contribution in [0.15, 0.2) is 72.9 Å². The minimum atomic E-state index is -4.47. The van der Waals surface area contributed by atoms with E-state index in [9.17, 15) is 13.2 Å². The Morgan fingerprint density at radius 3 is 2.37 bits per heavy atom. The highest BCUT2D eigenvalue weighted by molar-refractivity contribution is 5.97. The van der Waals surface area contributed by atoms with Crippen molar-refractivity contribution in [3.8, 4) is 16.9 Å². The molecule has 1 aromatic heterocycles. The van der Waals surface area contributed by atoms with E-state index in [1.807, 2.05) is 62.4 Å². The second kappa shape index (κ2) is 7.82. The summed E-state index contributed by atoms with van der Waals surface area (Å²) in [7, 11) is 0. The van der Waals surface area contributed by atoms with Crippen molar-refractivity contribution >= 4 is 10.9 Å². The van der Waals surface area contributed by atoms with Gasteiger partial charge in [-0.1, -0.05) is 60.2 Å². The van der Waals surface area contributed by atoms with E-state index in [1.54, 1.807) is 6.07 Å². The second-order valence-corrected chi connectivity index (χ2v) is 7.28. The summed E-state index contributed by atoms with van der Waals surface area (Å²) in [4.78, 5) is 4.18. The van der Waals surface area contributed by atoms with E-state index in [0.29, 0.717) is 10.9 Å². The van der Waals surface area contributed by atoms with Crippen LogP contribution < -0.4 is 4.74 Å². The average Bonchev–Trinajstić information content (AvgIpc) is 2.72. The predicted molar refractivity (Wildman–Crippen MR) is 112 cm³/mol. The highest BCUT2D eigenvalue weighted by Gasteiger charge is 2.33. The van der Waals surface area contributed by atoms with Gasteiger partial charge in [0, 0.05) is 17.1 Å². The maximum Gasteiger partial charge on any atom is 0.418 e. The van der Waals surface area contributed by atoms with Crippen LogP contribution in [0.1, 0.15) is 22.3 Å². The Labute approximate surface area is 173 Å². The Kier molecular flexibility index (Phi) is 5.20. The standard InChI is InChI=1S/C25H20F3NO/c1-16-11-12-22(17(2)13-16)30-15-19-14-29-24-20(9-6-10-21(24)25(26,27)28)23(19)18-7-4-3-5-8-18/h3-14H,15H2,1-2H3. The van der Waals surface area contributed by atoms with E-state index in [-0.39, 0.29) is 12.1 Å². The molecule has 0 aliphatic carbocycles. The minimum absolute atomic E-state index is 0.0564. The van der Waals surface area contributed by atoms with Crippen LogP contribution in [0, 0.1) is 13.8 Å². The van der Waals surface area contributed by atoms with Crippen LogP contribution in [0.2, 0.25) is 0 Å². The van der Waals surface area contributed by atoms with Crippen LogP contribution in [0.3, 0.4) is 0 Å². The van der Waals surface area contributed by atoms with Crippen molar-refractivity contribution in [3.05, 3.63) is 95.2 Å². The first-order valence-corrected chi connectivity index (χ1v) is 9.58. The Morgan fingerprint density at radius 2 is 1.67 bits per heavy atom. The van der Waals surface area contributed by atoms with E-state index in [1.165, 1.54) is 12.3 Å². The number of alkyl halides is 3. The fourth-order valence-corrected chi connectivity index (χ4v) is 3.67. The topological polar surface area (TPSA) is 22.1 Å². The number of pyridine rings is 1. The van der Waals surface area contributed by atoms with Gasteiger partial charge in [-0.3, -0.25) is 4.98 Å². The van der Waals surface area contributed by atoms with Crippen LogP contribution in [0.4, 0.5) is 13.2 Å². The van der Waals surface area contributed by atoms with Crippen LogP contribution in [0.5, 0.6) is 5.75 Å². The van der Waals surface area contributed by atoms with Gasteiger partial charge in [0.15, 0.2) is 0 Å². The molecule has 0 fully saturated rings. The minimum Gasteiger partial charge on any atom is -0.489 e. The Morgan fingerprint density at radius 1 is 0.900 bits per heavy atom. The average molecular weight is 407 g/mol. The molecule has 0 aliphatic rings. The molecule has 0 aliphatic heterocycles. The number of hydrogen-bond acceptors (Lipinski definition) is 2. The quantitative estimate of drug-likeness (QED) is 0.359. The lowest BCUT2D eigenvalue weighted by Crippen LogP contribution is -2.08. The summed E-state index contributed by atoms with van der Waals surface area (Å²) in [6, 6.07) is 19.4. The van der Waals surface area contributed by atoms with Crippen molar-refractivity contribution in [1.29, 1.82) is 0 Å². The summed E-state index contributed by atoms with van der Waals surface area (Å²) in [6.07, 6.45) is -2.99. The molecule has 0 amide bonds. The number of nitrogens with zero attached hydrogens (tertiary/aromatic N) is 1. The molecule has 3 aromatic carbocycles. The van der Waals surface area contributed by atoms with Crippen molar-refractivity contribution in [2.45, 2.75) is 26.6 Å². The number of benzene rings is 3. The molecule has 5 heteroatoms. The number of ether oxygens (including phenoxy) is 1. The van der Waals surface area contributed by atoms with Crippen molar-refractivity contribution in [2.24, 2.45) is 0 Å². The lowest BCUT2D eigenvalue weighted by atomic mass is 9.95. The van der Waals surface area contributed by atoms with Crippen LogP contribution in [0.25, 0.3) is 22.0 Å². The van der Waals surface area contributed by atoms with Crippen molar-refractivity contribution in [1.82, 2.24) is 4.98 Å². The van der Waals surface area contributed by atoms with Gasteiger partial charge in [0.1, 0.15) is 12.4 Å². The van der Waals surface area contributed by atoms with Gasteiger partial charge in [-0.2, -0.15) is 13.2 Å². The van der Waals surface area contributed by atoms with Crippen LogP contribution in [-0.4, -0.2) is 4.98 Å². The third-order valence-corrected chi connectivity index (χ3v) is 5.06. The predicted octanol–water partition coefficient (Wildman–Crippen LogP) is 7.12. The highest BCUT2D eigenvalue weighted by Crippen LogP contribution is 2.38. The zero-order valence-corrected chi connectivity index (χ0v) is 16.6. The molecule has 0 radical (unpaired) electrons. The molecule has 4 aromatic rings. The number of rotatable bonds is 4. The molecule has 0 N–H and O–H groups in total. The molecule has 0 unspecified atom stereocenters. The molecule has 0 saturated heterocycles. The van der Waals surface area contributed by atoms with Gasteiger partial charge < -0.3 is 4.74 Å². The largest absolute Gasteiger partial charge is 0.489 e. The molecule has 30 heavy (non-hydrogen) atoms. The van der Waals surface area contributed by atoms with Gasteiger partial charge >= 0.3 is 6.18 Å². The molecule has 0 spiro atoms. The summed E-state index contributed by atoms with van der Waals surface area (Å²) in [5.74, 6) is 0.740. The van der Waals surface area contributed by atoms with E-state index in [2.05, 4.69) is 4.98 Å². The van der Waals surface area contributed by atoms with E-state index >= 15 is 0 Å². The normalized spacial score (nSPS) is 11.6. The Bertz CT molecular complexity index is 1200. The van der Waals surface area contributed by atoms with Crippen molar-refractivity contribution < 1.29 is 17.9 Å². The number of aryl methyl sites for hydroxylation is 2. The summed E-state index contributed by atoms with van der Waals surface area (Å²) < 4.78 is 46.6. The zero-order chi connectivity index (χ0) is 21.3. The lowest BCUT2D eigenvalue weighted by molar-refractivity contribution is -0.136. The lowest BCUT2D eigenvalue weighted by Gasteiger charge is -2.17. The third kappa shape index (κ3) is 3.88. The SMILES string of the molecule is Cc1ccc(OCc2cnc3c(C(F)(F)F)cccc3c2-c2ccccc2)c(C)c1. The number of halogens is 3. The molecule has 0 atom stereocenters. The Hall–Kier alpha value is -3.34. The zero-order valence-electron chi connectivity index (χ0n) is 16.6. The van der Waals surface area contributed by atoms with E-state index < -0.39 is 11.7 Å². The molecule has 0 saturated carbocycles. The van der Waals surface area contributed by atoms with Crippen LogP contribution >= 0.6 is 0 Å². The van der Waals surface area contributed by atoms with Gasteiger partial charge in [-0.15, -0.1) is 0 Å². The van der Waals surface area contributed by atoms with Gasteiger partial charge in [-0.05, 0) is 42.7 Å². The molecule has 152 valence electrons. The summed E-state index contributed by atoms with van der Waals surface area (Å²) in [5, 5.41) is 0.456. The first kappa shape index (κ1) is 20.0. The van der Waals surface area contributed by atoms with Gasteiger partial charge in [0.25, 0.3) is 0 Å². The molecular formula is C25H20F3NO. The maximum absolute atomic E-state index is 13.5. The molecule has 1 heterocycles. The monoisotopic (exact) mass is 407 g/mol. The maximum atomic E-state index is 13.5. The van der Waals surface area contributed by atoms with E-state index in [4.69, 9.17) is 4.74 Å². The van der Waals surface area contributed by atoms with Gasteiger partial charge in [0.05, 0.1) is 11.1 Å². The fraction of sp³-hybridized carbons (Fsp3) is 0.160. The first-order chi connectivity index (χ1) is 14.3.